The van der Waals surface area contributed by atoms with E-state index in [9.17, 15) is 4.79 Å². The van der Waals surface area contributed by atoms with Crippen LogP contribution in [0.1, 0.15) is 17.2 Å². The molecule has 1 atom stereocenters. The molecule has 1 aromatic heterocycles. The molecule has 0 radical (unpaired) electrons. The van der Waals surface area contributed by atoms with Crippen LogP contribution < -0.4 is 5.32 Å². The number of amides is 1. The van der Waals surface area contributed by atoms with Gasteiger partial charge in [-0.1, -0.05) is 41.9 Å². The third-order valence-corrected chi connectivity index (χ3v) is 3.41. The molecule has 0 saturated heterocycles. The van der Waals surface area contributed by atoms with E-state index < -0.39 is 6.10 Å². The maximum absolute atomic E-state index is 12.3. The number of ether oxygens (including phenoxy) is 1. The zero-order chi connectivity index (χ0) is 13.9. The highest BCUT2D eigenvalue weighted by atomic mass is 35.5. The lowest BCUT2D eigenvalue weighted by Crippen LogP contribution is -2.28. The van der Waals surface area contributed by atoms with Crippen LogP contribution in [0.25, 0.3) is 0 Å². The van der Waals surface area contributed by atoms with Gasteiger partial charge in [-0.3, -0.25) is 4.79 Å². The number of hydrogen-bond donors (Lipinski definition) is 1. The maximum Gasteiger partial charge on any atom is 0.259 e. The minimum atomic E-state index is -0.597. The van der Waals surface area contributed by atoms with Gasteiger partial charge in [0.2, 0.25) is 0 Å². The lowest BCUT2D eigenvalue weighted by atomic mass is 9.97. The number of benzene rings is 1. The van der Waals surface area contributed by atoms with Gasteiger partial charge in [-0.15, -0.1) is 0 Å². The third-order valence-electron chi connectivity index (χ3n) is 3.20. The Labute approximate surface area is 121 Å². The van der Waals surface area contributed by atoms with Crippen LogP contribution in [0.15, 0.2) is 42.5 Å². The highest BCUT2D eigenvalue weighted by Crippen LogP contribution is 2.27. The van der Waals surface area contributed by atoms with Crippen molar-refractivity contribution in [2.24, 2.45) is 0 Å². The van der Waals surface area contributed by atoms with Crippen molar-refractivity contribution in [3.05, 3.63) is 58.7 Å². The van der Waals surface area contributed by atoms with Crippen LogP contribution in [0.4, 0.5) is 5.82 Å². The average molecular weight is 289 g/mol. The molecule has 0 aliphatic carbocycles. The van der Waals surface area contributed by atoms with E-state index in [0.717, 1.165) is 17.5 Å². The van der Waals surface area contributed by atoms with E-state index >= 15 is 0 Å². The van der Waals surface area contributed by atoms with E-state index in [4.69, 9.17) is 16.3 Å². The fourth-order valence-electron chi connectivity index (χ4n) is 2.28. The Balaban J connectivity index is 1.82. The molecule has 20 heavy (non-hydrogen) atoms. The fraction of sp³-hybridized carbons (Fsp3) is 0.200. The Morgan fingerprint density at radius 2 is 2.10 bits per heavy atom. The summed E-state index contributed by atoms with van der Waals surface area (Å²) >= 11 is 5.80. The number of aromatic nitrogens is 1. The Hall–Kier alpha value is -1.91. The van der Waals surface area contributed by atoms with Gasteiger partial charge in [-0.05, 0) is 29.7 Å². The van der Waals surface area contributed by atoms with E-state index in [1.165, 1.54) is 0 Å². The quantitative estimate of drug-likeness (QED) is 0.864. The summed E-state index contributed by atoms with van der Waals surface area (Å²) < 4.78 is 5.60. The van der Waals surface area contributed by atoms with Crippen LogP contribution in [0.2, 0.25) is 5.15 Å². The number of nitrogens with zero attached hydrogens (tertiary/aromatic N) is 1. The summed E-state index contributed by atoms with van der Waals surface area (Å²) in [7, 11) is 0. The number of anilines is 1. The van der Waals surface area contributed by atoms with Crippen LogP contribution >= 0.6 is 11.6 Å². The monoisotopic (exact) mass is 288 g/mol. The van der Waals surface area contributed by atoms with Crippen molar-refractivity contribution in [2.75, 3.05) is 11.9 Å². The van der Waals surface area contributed by atoms with Crippen molar-refractivity contribution in [1.29, 1.82) is 0 Å². The Morgan fingerprint density at radius 1 is 1.25 bits per heavy atom. The summed E-state index contributed by atoms with van der Waals surface area (Å²) in [5, 5.41) is 3.07. The van der Waals surface area contributed by atoms with Gasteiger partial charge < -0.3 is 10.1 Å². The zero-order valence-corrected chi connectivity index (χ0v) is 11.4. The smallest absolute Gasteiger partial charge is 0.259 e. The van der Waals surface area contributed by atoms with Gasteiger partial charge in [0.1, 0.15) is 11.0 Å². The SMILES string of the molecule is O=C(Nc1cccc(Cl)n1)C1OCCc2ccccc21. The molecule has 0 saturated carbocycles. The van der Waals surface area contributed by atoms with Gasteiger partial charge in [0.05, 0.1) is 6.61 Å². The molecule has 1 amide bonds. The molecule has 1 aliphatic rings. The van der Waals surface area contributed by atoms with Crippen molar-refractivity contribution >= 4 is 23.3 Å². The third kappa shape index (κ3) is 2.66. The predicted octanol–water partition coefficient (Wildman–Crippen LogP) is 2.99. The molecule has 3 rings (SSSR count). The van der Waals surface area contributed by atoms with Crippen LogP contribution in [0.5, 0.6) is 0 Å². The lowest BCUT2D eigenvalue weighted by Gasteiger charge is -2.24. The van der Waals surface area contributed by atoms with Crippen LogP contribution in [0.3, 0.4) is 0 Å². The molecule has 0 spiro atoms. The normalized spacial score (nSPS) is 17.4. The van der Waals surface area contributed by atoms with E-state index in [1.54, 1.807) is 18.2 Å². The van der Waals surface area contributed by atoms with Gasteiger partial charge >= 0.3 is 0 Å². The Kier molecular flexibility index (Phi) is 3.67. The number of carbonyl (C=O) groups excluding carboxylic acids is 1. The van der Waals surface area contributed by atoms with Crippen LogP contribution in [0, 0.1) is 0 Å². The minimum Gasteiger partial charge on any atom is -0.363 e. The summed E-state index contributed by atoms with van der Waals surface area (Å²) in [4.78, 5) is 16.4. The highest BCUT2D eigenvalue weighted by Gasteiger charge is 2.27. The molecule has 102 valence electrons. The molecule has 0 bridgehead atoms. The molecular weight excluding hydrogens is 276 g/mol. The van der Waals surface area contributed by atoms with E-state index in [2.05, 4.69) is 10.3 Å². The van der Waals surface area contributed by atoms with E-state index in [0.29, 0.717) is 17.6 Å². The molecular formula is C15H13ClN2O2. The first kappa shape index (κ1) is 13.1. The van der Waals surface area contributed by atoms with Crippen molar-refractivity contribution in [1.82, 2.24) is 4.98 Å². The number of carbonyl (C=O) groups is 1. The fourth-order valence-corrected chi connectivity index (χ4v) is 2.44. The second-order valence-corrected chi connectivity index (χ2v) is 4.92. The summed E-state index contributed by atoms with van der Waals surface area (Å²) in [6.07, 6.45) is 0.232. The second kappa shape index (κ2) is 5.61. The average Bonchev–Trinajstić information content (AvgIpc) is 2.46. The number of fused-ring (bicyclic) bond motifs is 1. The van der Waals surface area contributed by atoms with Gasteiger partial charge in [0.25, 0.3) is 5.91 Å². The number of hydrogen-bond acceptors (Lipinski definition) is 3. The first-order valence-electron chi connectivity index (χ1n) is 6.37. The zero-order valence-electron chi connectivity index (χ0n) is 10.7. The molecule has 1 N–H and O–H groups in total. The van der Waals surface area contributed by atoms with E-state index in [-0.39, 0.29) is 5.91 Å². The summed E-state index contributed by atoms with van der Waals surface area (Å²) in [6.45, 7) is 0.540. The van der Waals surface area contributed by atoms with Gasteiger partial charge in [0.15, 0.2) is 6.10 Å². The molecule has 1 aliphatic heterocycles. The first-order valence-corrected chi connectivity index (χ1v) is 6.74. The number of pyridine rings is 1. The van der Waals surface area contributed by atoms with Crippen LogP contribution in [-0.2, 0) is 16.0 Å². The molecule has 4 nitrogen and oxygen atoms in total. The highest BCUT2D eigenvalue weighted by molar-refractivity contribution is 6.29. The lowest BCUT2D eigenvalue weighted by molar-refractivity contribution is -0.128. The Bertz CT molecular complexity index is 645. The van der Waals surface area contributed by atoms with Gasteiger partial charge in [0, 0.05) is 0 Å². The predicted molar refractivity (Wildman–Crippen MR) is 76.7 cm³/mol. The molecule has 1 aromatic carbocycles. The van der Waals surface area contributed by atoms with Crippen molar-refractivity contribution in [3.8, 4) is 0 Å². The van der Waals surface area contributed by atoms with Crippen LogP contribution in [-0.4, -0.2) is 17.5 Å². The Morgan fingerprint density at radius 3 is 2.95 bits per heavy atom. The second-order valence-electron chi connectivity index (χ2n) is 4.53. The number of rotatable bonds is 2. The number of nitrogens with one attached hydrogen (secondary N) is 1. The first-order chi connectivity index (χ1) is 9.74. The van der Waals surface area contributed by atoms with Crippen molar-refractivity contribution in [2.45, 2.75) is 12.5 Å². The summed E-state index contributed by atoms with van der Waals surface area (Å²) in [5.41, 5.74) is 2.07. The van der Waals surface area contributed by atoms with Crippen molar-refractivity contribution < 1.29 is 9.53 Å². The summed E-state index contributed by atoms with van der Waals surface area (Å²) in [5.74, 6) is 0.195. The summed E-state index contributed by atoms with van der Waals surface area (Å²) in [6, 6.07) is 12.9. The largest absolute Gasteiger partial charge is 0.363 e. The van der Waals surface area contributed by atoms with Crippen molar-refractivity contribution in [3.63, 3.8) is 0 Å². The molecule has 0 fully saturated rings. The topological polar surface area (TPSA) is 51.2 Å². The minimum absolute atomic E-state index is 0.230. The number of halogens is 1. The maximum atomic E-state index is 12.3. The molecule has 5 heteroatoms. The van der Waals surface area contributed by atoms with Gasteiger partial charge in [-0.25, -0.2) is 4.98 Å². The molecule has 2 aromatic rings. The standard InChI is InChI=1S/C15H13ClN2O2/c16-12-6-3-7-13(17-12)18-15(19)14-11-5-2-1-4-10(11)8-9-20-14/h1-7,14H,8-9H2,(H,17,18,19). The van der Waals surface area contributed by atoms with E-state index in [1.807, 2.05) is 24.3 Å². The molecule has 1 unspecified atom stereocenters. The van der Waals surface area contributed by atoms with Gasteiger partial charge in [-0.2, -0.15) is 0 Å². The molecule has 2 heterocycles.